The van der Waals surface area contributed by atoms with Crippen molar-refractivity contribution in [3.8, 4) is 11.4 Å². The lowest BCUT2D eigenvalue weighted by atomic mass is 10.1. The molecule has 0 bridgehead atoms. The van der Waals surface area contributed by atoms with Crippen molar-refractivity contribution in [1.29, 1.82) is 0 Å². The van der Waals surface area contributed by atoms with Gasteiger partial charge in [0.15, 0.2) is 0 Å². The second-order valence-corrected chi connectivity index (χ2v) is 6.60. The first-order chi connectivity index (χ1) is 12.7. The van der Waals surface area contributed by atoms with Crippen molar-refractivity contribution in [3.05, 3.63) is 53.9 Å². The largest absolute Gasteiger partial charge is 0.340 e. The van der Waals surface area contributed by atoms with E-state index in [1.165, 1.54) is 0 Å². The number of amides is 1. The summed E-state index contributed by atoms with van der Waals surface area (Å²) in [4.78, 5) is 28.6. The maximum Gasteiger partial charge on any atom is 0.237 e. The molecule has 3 aromatic rings. The van der Waals surface area contributed by atoms with E-state index in [-0.39, 0.29) is 5.91 Å². The van der Waals surface area contributed by atoms with E-state index in [9.17, 15) is 4.79 Å². The third-order valence-electron chi connectivity index (χ3n) is 4.54. The Bertz CT molecular complexity index is 872. The number of hydrogen-bond acceptors (Lipinski definition) is 5. The van der Waals surface area contributed by atoms with Crippen molar-refractivity contribution >= 4 is 5.91 Å². The summed E-state index contributed by atoms with van der Waals surface area (Å²) in [6.07, 6.45) is 7.89. The molecule has 0 saturated heterocycles. The number of rotatable bonds is 5. The molecule has 0 spiro atoms. The van der Waals surface area contributed by atoms with E-state index >= 15 is 0 Å². The summed E-state index contributed by atoms with van der Waals surface area (Å²) in [7, 11) is 1.95. The van der Waals surface area contributed by atoms with Gasteiger partial charge in [0.05, 0.1) is 36.2 Å². The minimum atomic E-state index is 0.126. The van der Waals surface area contributed by atoms with E-state index in [1.807, 2.05) is 35.2 Å². The van der Waals surface area contributed by atoms with E-state index in [0.717, 1.165) is 34.8 Å². The molecule has 8 heteroatoms. The molecule has 0 aliphatic carbocycles. The average molecular weight is 351 g/mol. The number of aromatic amines is 2. The molecule has 0 fully saturated rings. The number of nitrogens with one attached hydrogen (secondary N) is 2. The second kappa shape index (κ2) is 7.09. The molecule has 2 N–H and O–H groups in total. The Labute approximate surface area is 151 Å². The fourth-order valence-electron chi connectivity index (χ4n) is 3.21. The van der Waals surface area contributed by atoms with Crippen LogP contribution in [0.3, 0.4) is 0 Å². The maximum absolute atomic E-state index is 12.7. The predicted molar refractivity (Wildman–Crippen MR) is 95.9 cm³/mol. The van der Waals surface area contributed by atoms with Gasteiger partial charge >= 0.3 is 0 Å². The lowest BCUT2D eigenvalue weighted by molar-refractivity contribution is -0.133. The lowest BCUT2D eigenvalue weighted by Gasteiger charge is -2.28. The Kier molecular flexibility index (Phi) is 4.49. The number of imidazole rings is 1. The summed E-state index contributed by atoms with van der Waals surface area (Å²) in [6, 6.07) is 3.93. The van der Waals surface area contributed by atoms with Crippen molar-refractivity contribution in [2.75, 3.05) is 20.1 Å². The van der Waals surface area contributed by atoms with Gasteiger partial charge in [0.2, 0.25) is 5.91 Å². The number of carbonyl (C=O) groups excluding carboxylic acids is 1. The van der Waals surface area contributed by atoms with Crippen LogP contribution in [0.5, 0.6) is 0 Å². The molecule has 134 valence electrons. The number of likely N-dealkylation sites (N-methyl/N-ethyl adjacent to an activating group) is 1. The highest BCUT2D eigenvalue weighted by atomic mass is 16.2. The number of aromatic nitrogens is 5. The van der Waals surface area contributed by atoms with Gasteiger partial charge in [-0.1, -0.05) is 6.07 Å². The Balaban J connectivity index is 1.38. The molecule has 26 heavy (non-hydrogen) atoms. The van der Waals surface area contributed by atoms with E-state index < -0.39 is 0 Å². The molecule has 8 nitrogen and oxygen atoms in total. The molecule has 3 aromatic heterocycles. The van der Waals surface area contributed by atoms with Gasteiger partial charge in [0.25, 0.3) is 0 Å². The summed E-state index contributed by atoms with van der Waals surface area (Å²) in [5.41, 5.74) is 4.07. The first-order valence-electron chi connectivity index (χ1n) is 8.61. The van der Waals surface area contributed by atoms with Gasteiger partial charge in [0.1, 0.15) is 5.82 Å². The quantitative estimate of drug-likeness (QED) is 0.721. The molecule has 0 radical (unpaired) electrons. The minimum absolute atomic E-state index is 0.126. The number of H-pyrrole nitrogens is 2. The highest BCUT2D eigenvalue weighted by Crippen LogP contribution is 2.22. The highest BCUT2D eigenvalue weighted by Gasteiger charge is 2.24. The third-order valence-corrected chi connectivity index (χ3v) is 4.54. The van der Waals surface area contributed by atoms with Gasteiger partial charge < -0.3 is 9.88 Å². The highest BCUT2D eigenvalue weighted by molar-refractivity contribution is 5.78. The Hall–Kier alpha value is -3.00. The average Bonchev–Trinajstić information content (AvgIpc) is 3.31. The molecule has 1 aliphatic heterocycles. The zero-order valence-corrected chi connectivity index (χ0v) is 14.6. The van der Waals surface area contributed by atoms with Gasteiger partial charge in [-0.25, -0.2) is 4.98 Å². The summed E-state index contributed by atoms with van der Waals surface area (Å²) < 4.78 is 0. The molecule has 1 aliphatic rings. The Morgan fingerprint density at radius 3 is 3.08 bits per heavy atom. The Morgan fingerprint density at radius 1 is 1.38 bits per heavy atom. The maximum atomic E-state index is 12.7. The topological polar surface area (TPSA) is 93.8 Å². The molecule has 4 heterocycles. The minimum Gasteiger partial charge on any atom is -0.340 e. The van der Waals surface area contributed by atoms with Crippen molar-refractivity contribution in [1.82, 2.24) is 34.9 Å². The van der Waals surface area contributed by atoms with Crippen LogP contribution in [0.15, 0.2) is 36.9 Å². The summed E-state index contributed by atoms with van der Waals surface area (Å²) >= 11 is 0. The zero-order chi connectivity index (χ0) is 17.9. The van der Waals surface area contributed by atoms with Crippen molar-refractivity contribution in [3.63, 3.8) is 0 Å². The summed E-state index contributed by atoms with van der Waals surface area (Å²) in [5, 5.41) is 6.75. The predicted octanol–water partition coefficient (Wildman–Crippen LogP) is 1.21. The molecule has 1 amide bonds. The van der Waals surface area contributed by atoms with Crippen LogP contribution in [0.1, 0.15) is 17.0 Å². The van der Waals surface area contributed by atoms with Crippen LogP contribution in [0, 0.1) is 0 Å². The van der Waals surface area contributed by atoms with Crippen LogP contribution in [0.25, 0.3) is 11.4 Å². The number of pyridine rings is 1. The van der Waals surface area contributed by atoms with Gasteiger partial charge in [-0.2, -0.15) is 5.10 Å². The first kappa shape index (κ1) is 16.5. The fourth-order valence-corrected chi connectivity index (χ4v) is 3.21. The van der Waals surface area contributed by atoms with Gasteiger partial charge in [0, 0.05) is 38.1 Å². The third kappa shape index (κ3) is 3.50. The number of nitrogens with zero attached hydrogens (tertiary/aromatic N) is 5. The normalized spacial score (nSPS) is 13.8. The molecule has 4 rings (SSSR count). The molecule has 0 unspecified atom stereocenters. The molecule has 0 aromatic carbocycles. The van der Waals surface area contributed by atoms with E-state index in [4.69, 9.17) is 0 Å². The van der Waals surface area contributed by atoms with E-state index in [1.54, 1.807) is 18.6 Å². The second-order valence-electron chi connectivity index (χ2n) is 6.60. The first-order valence-corrected chi connectivity index (χ1v) is 8.61. The van der Waals surface area contributed by atoms with Gasteiger partial charge in [-0.15, -0.1) is 0 Å². The van der Waals surface area contributed by atoms with Crippen molar-refractivity contribution in [2.45, 2.75) is 19.5 Å². The SMILES string of the molecule is CN(CC(=O)N1CCc2nc(-c3cn[nH]c3)[nH]c2C1)Cc1cccnc1. The molecule has 0 saturated carbocycles. The van der Waals surface area contributed by atoms with Crippen molar-refractivity contribution in [2.24, 2.45) is 0 Å². The fraction of sp³-hybridized carbons (Fsp3) is 0.333. The molecular weight excluding hydrogens is 330 g/mol. The van der Waals surface area contributed by atoms with E-state index in [0.29, 0.717) is 26.2 Å². The standard InChI is InChI=1S/C18H21N7O/c1-24(10-13-3-2-5-19-7-13)12-17(26)25-6-4-15-16(11-25)23-18(22-15)14-8-20-21-9-14/h2-3,5,7-9H,4,6,10-12H2,1H3,(H,20,21)(H,22,23). The van der Waals surface area contributed by atoms with Gasteiger partial charge in [-0.3, -0.25) is 19.8 Å². The monoisotopic (exact) mass is 351 g/mol. The van der Waals surface area contributed by atoms with Crippen LogP contribution in [-0.2, 0) is 24.3 Å². The van der Waals surface area contributed by atoms with E-state index in [2.05, 4.69) is 25.1 Å². The van der Waals surface area contributed by atoms with Crippen LogP contribution < -0.4 is 0 Å². The van der Waals surface area contributed by atoms with Crippen molar-refractivity contribution < 1.29 is 4.79 Å². The van der Waals surface area contributed by atoms with Crippen LogP contribution >= 0.6 is 0 Å². The number of hydrogen-bond donors (Lipinski definition) is 2. The molecule has 0 atom stereocenters. The van der Waals surface area contributed by atoms with Crippen LogP contribution in [-0.4, -0.2) is 61.0 Å². The lowest BCUT2D eigenvalue weighted by Crippen LogP contribution is -2.41. The molecular formula is C18H21N7O. The summed E-state index contributed by atoms with van der Waals surface area (Å²) in [5.74, 6) is 0.924. The zero-order valence-electron chi connectivity index (χ0n) is 14.6. The van der Waals surface area contributed by atoms with Gasteiger partial charge in [-0.05, 0) is 18.7 Å². The number of fused-ring (bicyclic) bond motifs is 1. The van der Waals surface area contributed by atoms with Crippen LogP contribution in [0.2, 0.25) is 0 Å². The number of carbonyl (C=O) groups is 1. The smallest absolute Gasteiger partial charge is 0.237 e. The summed E-state index contributed by atoms with van der Waals surface area (Å²) in [6.45, 7) is 2.35. The van der Waals surface area contributed by atoms with Crippen LogP contribution in [0.4, 0.5) is 0 Å². The Morgan fingerprint density at radius 2 is 2.31 bits per heavy atom.